The summed E-state index contributed by atoms with van der Waals surface area (Å²) in [5, 5.41) is 2.56. The van der Waals surface area contributed by atoms with Gasteiger partial charge in [-0.1, -0.05) is 42.5 Å². The maximum absolute atomic E-state index is 13.3. The summed E-state index contributed by atoms with van der Waals surface area (Å²) in [7, 11) is 1.78. The molecule has 1 aromatic heterocycles. The molecule has 0 aliphatic heterocycles. The Morgan fingerprint density at radius 1 is 1.00 bits per heavy atom. The Bertz CT molecular complexity index is 1160. The lowest BCUT2D eigenvalue weighted by Gasteiger charge is -2.15. The molecule has 0 saturated carbocycles. The molecule has 1 heterocycles. The van der Waals surface area contributed by atoms with Gasteiger partial charge >= 0.3 is 0 Å². The van der Waals surface area contributed by atoms with Crippen LogP contribution in [0.5, 0.6) is 5.75 Å². The van der Waals surface area contributed by atoms with E-state index in [1.54, 1.807) is 23.4 Å². The van der Waals surface area contributed by atoms with Gasteiger partial charge in [0.05, 0.1) is 0 Å². The fourth-order valence-corrected chi connectivity index (χ4v) is 3.92. The highest BCUT2D eigenvalue weighted by atomic mass is 32.1. The summed E-state index contributed by atoms with van der Waals surface area (Å²) in [5.41, 5.74) is 3.19. The summed E-state index contributed by atoms with van der Waals surface area (Å²) in [5.74, 6) is 0.296. The SMILES string of the molecule is CN(Cc1ccccc1)C(=O)c1csc(-c2ccc(OCc3cccc(F)c3)cc2)n1. The number of thiazole rings is 1. The van der Waals surface area contributed by atoms with Crippen LogP contribution in [0.1, 0.15) is 21.6 Å². The monoisotopic (exact) mass is 432 g/mol. The number of rotatable bonds is 7. The standard InChI is InChI=1S/C25H21FN2O2S/c1-28(15-18-6-3-2-4-7-18)25(29)23-17-31-24(27-23)20-10-12-22(13-11-20)30-16-19-8-5-9-21(26)14-19/h2-14,17H,15-16H2,1H3. The molecule has 156 valence electrons. The number of aromatic nitrogens is 1. The summed E-state index contributed by atoms with van der Waals surface area (Å²) in [6, 6.07) is 23.7. The highest BCUT2D eigenvalue weighted by Gasteiger charge is 2.16. The summed E-state index contributed by atoms with van der Waals surface area (Å²) < 4.78 is 19.0. The van der Waals surface area contributed by atoms with E-state index in [9.17, 15) is 9.18 Å². The van der Waals surface area contributed by atoms with Crippen molar-refractivity contribution in [1.29, 1.82) is 0 Å². The Labute approximate surface area is 184 Å². The summed E-state index contributed by atoms with van der Waals surface area (Å²) in [6.07, 6.45) is 0. The molecule has 31 heavy (non-hydrogen) atoms. The van der Waals surface area contributed by atoms with Crippen molar-refractivity contribution in [2.45, 2.75) is 13.2 Å². The zero-order valence-corrected chi connectivity index (χ0v) is 17.8. The lowest BCUT2D eigenvalue weighted by atomic mass is 10.2. The second-order valence-electron chi connectivity index (χ2n) is 7.13. The van der Waals surface area contributed by atoms with Crippen molar-refractivity contribution in [3.8, 4) is 16.3 Å². The van der Waals surface area contributed by atoms with Gasteiger partial charge in [0.15, 0.2) is 0 Å². The number of carbonyl (C=O) groups is 1. The average molecular weight is 433 g/mol. The molecule has 0 spiro atoms. The molecule has 6 heteroatoms. The fourth-order valence-electron chi connectivity index (χ4n) is 3.12. The number of ether oxygens (including phenoxy) is 1. The second-order valence-corrected chi connectivity index (χ2v) is 7.99. The first kappa shape index (κ1) is 20.8. The van der Waals surface area contributed by atoms with Gasteiger partial charge in [-0.25, -0.2) is 9.37 Å². The molecular weight excluding hydrogens is 411 g/mol. The van der Waals surface area contributed by atoms with Crippen molar-refractivity contribution in [2.75, 3.05) is 7.05 Å². The molecule has 0 radical (unpaired) electrons. The molecule has 0 aliphatic rings. The van der Waals surface area contributed by atoms with Gasteiger partial charge in [-0.2, -0.15) is 0 Å². The van der Waals surface area contributed by atoms with E-state index in [1.165, 1.54) is 23.5 Å². The molecule has 1 amide bonds. The minimum atomic E-state index is -0.278. The predicted octanol–water partition coefficient (Wildman–Crippen LogP) is 5.80. The Morgan fingerprint density at radius 2 is 1.74 bits per heavy atom. The number of carbonyl (C=O) groups excluding carboxylic acids is 1. The largest absolute Gasteiger partial charge is 0.489 e. The van der Waals surface area contributed by atoms with E-state index >= 15 is 0 Å². The van der Waals surface area contributed by atoms with E-state index in [2.05, 4.69) is 4.98 Å². The van der Waals surface area contributed by atoms with Crippen LogP contribution >= 0.6 is 11.3 Å². The number of halogens is 1. The predicted molar refractivity (Wildman–Crippen MR) is 121 cm³/mol. The first-order valence-electron chi connectivity index (χ1n) is 9.81. The highest BCUT2D eigenvalue weighted by molar-refractivity contribution is 7.13. The van der Waals surface area contributed by atoms with Gasteiger partial charge in [0.1, 0.15) is 28.9 Å². The van der Waals surface area contributed by atoms with E-state index in [1.807, 2.05) is 60.7 Å². The van der Waals surface area contributed by atoms with Crippen LogP contribution in [0.3, 0.4) is 0 Å². The van der Waals surface area contributed by atoms with E-state index in [0.29, 0.717) is 24.6 Å². The van der Waals surface area contributed by atoms with Crippen molar-refractivity contribution >= 4 is 17.2 Å². The zero-order chi connectivity index (χ0) is 21.6. The van der Waals surface area contributed by atoms with Crippen LogP contribution in [0.15, 0.2) is 84.2 Å². The lowest BCUT2D eigenvalue weighted by molar-refractivity contribution is 0.0780. The van der Waals surface area contributed by atoms with Crippen molar-refractivity contribution < 1.29 is 13.9 Å². The molecule has 0 atom stereocenters. The number of benzene rings is 3. The van der Waals surface area contributed by atoms with E-state index in [-0.39, 0.29) is 11.7 Å². The Hall–Kier alpha value is -3.51. The number of amides is 1. The third kappa shape index (κ3) is 5.35. The fraction of sp³-hybridized carbons (Fsp3) is 0.120. The quantitative estimate of drug-likeness (QED) is 0.371. The third-order valence-electron chi connectivity index (χ3n) is 4.73. The van der Waals surface area contributed by atoms with Crippen LogP contribution in [-0.4, -0.2) is 22.8 Å². The molecule has 4 nitrogen and oxygen atoms in total. The zero-order valence-electron chi connectivity index (χ0n) is 17.0. The van der Waals surface area contributed by atoms with Crippen molar-refractivity contribution in [2.24, 2.45) is 0 Å². The van der Waals surface area contributed by atoms with E-state index < -0.39 is 0 Å². The Kier molecular flexibility index (Phi) is 6.38. The lowest BCUT2D eigenvalue weighted by Crippen LogP contribution is -2.26. The first-order valence-corrected chi connectivity index (χ1v) is 10.7. The summed E-state index contributed by atoms with van der Waals surface area (Å²) in [6.45, 7) is 0.824. The van der Waals surface area contributed by atoms with Crippen molar-refractivity contribution in [3.63, 3.8) is 0 Å². The van der Waals surface area contributed by atoms with Gasteiger partial charge < -0.3 is 9.64 Å². The maximum Gasteiger partial charge on any atom is 0.273 e. The molecule has 4 aromatic rings. The van der Waals surface area contributed by atoms with Crippen LogP contribution in [-0.2, 0) is 13.2 Å². The number of hydrogen-bond acceptors (Lipinski definition) is 4. The highest BCUT2D eigenvalue weighted by Crippen LogP contribution is 2.26. The number of nitrogens with zero attached hydrogens (tertiary/aromatic N) is 2. The summed E-state index contributed by atoms with van der Waals surface area (Å²) >= 11 is 1.43. The van der Waals surface area contributed by atoms with Crippen molar-refractivity contribution in [3.05, 3.63) is 107 Å². The average Bonchev–Trinajstić information content (AvgIpc) is 3.28. The van der Waals surface area contributed by atoms with Gasteiger partial charge in [-0.15, -0.1) is 11.3 Å². The molecule has 0 aliphatic carbocycles. The minimum Gasteiger partial charge on any atom is -0.489 e. The minimum absolute atomic E-state index is 0.110. The smallest absolute Gasteiger partial charge is 0.273 e. The van der Waals surface area contributed by atoms with E-state index in [0.717, 1.165) is 21.7 Å². The molecule has 0 fully saturated rings. The van der Waals surface area contributed by atoms with Crippen LogP contribution in [0.4, 0.5) is 4.39 Å². The van der Waals surface area contributed by atoms with Crippen LogP contribution in [0.25, 0.3) is 10.6 Å². The van der Waals surface area contributed by atoms with Crippen LogP contribution < -0.4 is 4.74 Å². The number of hydrogen-bond donors (Lipinski definition) is 0. The van der Waals surface area contributed by atoms with Gasteiger partial charge in [0.25, 0.3) is 5.91 Å². The second kappa shape index (κ2) is 9.53. The molecule has 3 aromatic carbocycles. The molecular formula is C25H21FN2O2S. The van der Waals surface area contributed by atoms with Gasteiger partial charge in [-0.3, -0.25) is 4.79 Å². The molecule has 0 bridgehead atoms. The molecule has 0 N–H and O–H groups in total. The Balaban J connectivity index is 1.38. The maximum atomic E-state index is 13.3. The van der Waals surface area contributed by atoms with Gasteiger partial charge in [-0.05, 0) is 47.5 Å². The van der Waals surface area contributed by atoms with Gasteiger partial charge in [0, 0.05) is 24.5 Å². The van der Waals surface area contributed by atoms with Crippen LogP contribution in [0.2, 0.25) is 0 Å². The topological polar surface area (TPSA) is 42.4 Å². The van der Waals surface area contributed by atoms with Crippen molar-refractivity contribution in [1.82, 2.24) is 9.88 Å². The normalized spacial score (nSPS) is 10.6. The van der Waals surface area contributed by atoms with E-state index in [4.69, 9.17) is 4.74 Å². The third-order valence-corrected chi connectivity index (χ3v) is 5.62. The summed E-state index contributed by atoms with van der Waals surface area (Å²) in [4.78, 5) is 18.9. The van der Waals surface area contributed by atoms with Crippen LogP contribution in [0, 0.1) is 5.82 Å². The first-order chi connectivity index (χ1) is 15.1. The molecule has 0 unspecified atom stereocenters. The van der Waals surface area contributed by atoms with Gasteiger partial charge in [0.2, 0.25) is 0 Å². The molecule has 0 saturated heterocycles. The molecule has 4 rings (SSSR count). The Morgan fingerprint density at radius 3 is 2.48 bits per heavy atom.